The van der Waals surface area contributed by atoms with E-state index in [1.165, 1.54) is 22.0 Å². The van der Waals surface area contributed by atoms with Gasteiger partial charge in [0.25, 0.3) is 11.8 Å². The van der Waals surface area contributed by atoms with E-state index in [1.807, 2.05) is 0 Å². The number of nitrogens with zero attached hydrogens (tertiary/aromatic N) is 3. The van der Waals surface area contributed by atoms with Crippen LogP contribution in [0.1, 0.15) is 25.0 Å². The van der Waals surface area contributed by atoms with Crippen LogP contribution in [0.4, 0.5) is 5.13 Å². The van der Waals surface area contributed by atoms with Crippen LogP contribution in [-0.2, 0) is 14.3 Å². The molecule has 31 heavy (non-hydrogen) atoms. The summed E-state index contributed by atoms with van der Waals surface area (Å²) < 4.78 is 5.65. The average molecular weight is 492 g/mol. The molecule has 0 aromatic carbocycles. The van der Waals surface area contributed by atoms with Gasteiger partial charge in [-0.25, -0.2) is 4.98 Å². The van der Waals surface area contributed by atoms with Gasteiger partial charge in [0, 0.05) is 23.4 Å². The molecule has 1 aromatic rings. The average Bonchev–Trinajstić information content (AvgIpc) is 3.38. The number of aromatic nitrogens is 1. The maximum absolute atomic E-state index is 12.8. The predicted molar refractivity (Wildman–Crippen MR) is 113 cm³/mol. The van der Waals surface area contributed by atoms with E-state index in [2.05, 4.69) is 15.5 Å². The molecule has 4 N–H and O–H groups in total. The summed E-state index contributed by atoms with van der Waals surface area (Å²) in [7, 11) is 0. The second-order valence-corrected chi connectivity index (χ2v) is 9.32. The van der Waals surface area contributed by atoms with Crippen molar-refractivity contribution < 1.29 is 54.2 Å². The third-order valence-electron chi connectivity index (χ3n) is 5.10. The fraction of sp³-hybridized carbons (Fsp3) is 0.471. The fourth-order valence-corrected chi connectivity index (χ4v) is 5.88. The van der Waals surface area contributed by atoms with Crippen LogP contribution in [0.3, 0.4) is 0 Å². The number of carbonyl (C=O) groups is 2. The summed E-state index contributed by atoms with van der Waals surface area (Å²) in [6.07, 6.45) is 2.47. The van der Waals surface area contributed by atoms with Crippen molar-refractivity contribution in [2.75, 3.05) is 18.1 Å². The number of thioether (sulfide) groups is 1. The quantitative estimate of drug-likeness (QED) is 0.0933. The molecule has 3 aliphatic heterocycles. The summed E-state index contributed by atoms with van der Waals surface area (Å²) in [5, 5.41) is 27.5. The van der Waals surface area contributed by atoms with Gasteiger partial charge in [-0.1, -0.05) is 17.4 Å². The molecule has 14 heteroatoms. The van der Waals surface area contributed by atoms with E-state index in [4.69, 9.17) is 22.7 Å². The number of hydrogen-bond donors (Lipinski definition) is 3. The Balaban J connectivity index is 0.00000272. The largest absolute Gasteiger partial charge is 1.00 e. The number of oxime groups is 1. The number of hydrogen-bond acceptors (Lipinski definition) is 11. The smallest absolute Gasteiger partial charge is 0.863 e. The van der Waals surface area contributed by atoms with E-state index in [0.29, 0.717) is 18.8 Å². The number of ether oxygens (including phenoxy) is 1. The molecule has 0 spiro atoms. The second-order valence-electron chi connectivity index (χ2n) is 6.96. The van der Waals surface area contributed by atoms with Gasteiger partial charge in [0.15, 0.2) is 10.8 Å². The Kier molecular flexibility index (Phi) is 8.00. The number of anilines is 1. The fourth-order valence-electron chi connectivity index (χ4n) is 3.73. The first kappa shape index (κ1) is 24.4. The van der Waals surface area contributed by atoms with E-state index in [9.17, 15) is 19.9 Å². The van der Waals surface area contributed by atoms with Crippen molar-refractivity contribution in [2.45, 2.75) is 36.8 Å². The molecule has 0 saturated carbocycles. The number of nitrogen functional groups attached to an aromatic ring is 1. The molecule has 0 bridgehead atoms. The van der Waals surface area contributed by atoms with Gasteiger partial charge >= 0.3 is 29.6 Å². The van der Waals surface area contributed by atoms with E-state index in [0.717, 1.165) is 29.8 Å². The Hall–Kier alpha value is -1.22. The number of thiazole rings is 1. The van der Waals surface area contributed by atoms with Gasteiger partial charge in [0.2, 0.25) is 0 Å². The number of fused-ring (bicyclic) bond motifs is 1. The van der Waals surface area contributed by atoms with Gasteiger partial charge in [-0.15, -0.1) is 23.1 Å². The van der Waals surface area contributed by atoms with Gasteiger partial charge in [-0.2, -0.15) is 0 Å². The molecule has 2 saturated heterocycles. The Morgan fingerprint density at radius 3 is 2.90 bits per heavy atom. The summed E-state index contributed by atoms with van der Waals surface area (Å²) >= 11 is 7.42. The molecule has 4 heterocycles. The predicted octanol–water partition coefficient (Wildman–Crippen LogP) is -3.18. The van der Waals surface area contributed by atoms with Gasteiger partial charge in [-0.3, -0.25) is 14.5 Å². The third-order valence-corrected chi connectivity index (χ3v) is 7.31. The van der Waals surface area contributed by atoms with Crippen molar-refractivity contribution in [1.82, 2.24) is 15.2 Å². The summed E-state index contributed by atoms with van der Waals surface area (Å²) in [6, 6.07) is -0.871. The third kappa shape index (κ3) is 4.77. The van der Waals surface area contributed by atoms with Crippen molar-refractivity contribution in [2.24, 2.45) is 5.16 Å². The zero-order valence-electron chi connectivity index (χ0n) is 16.6. The molecule has 160 valence electrons. The number of amides is 2. The van der Waals surface area contributed by atoms with Crippen molar-refractivity contribution in [1.29, 1.82) is 0 Å². The summed E-state index contributed by atoms with van der Waals surface area (Å²) in [5.41, 5.74) is 6.35. The van der Waals surface area contributed by atoms with Crippen molar-refractivity contribution in [3.63, 3.8) is 0 Å². The van der Waals surface area contributed by atoms with E-state index in [1.54, 1.807) is 0 Å². The van der Waals surface area contributed by atoms with Crippen LogP contribution >= 0.6 is 35.3 Å². The Labute approximate surface area is 213 Å². The first-order valence-electron chi connectivity index (χ1n) is 9.14. The van der Waals surface area contributed by atoms with Gasteiger partial charge < -0.3 is 26.1 Å². The van der Waals surface area contributed by atoms with Crippen molar-refractivity contribution in [3.8, 4) is 0 Å². The monoisotopic (exact) mass is 491 g/mol. The molecule has 2 fully saturated rings. The van der Waals surface area contributed by atoms with Crippen LogP contribution < -0.4 is 45.7 Å². The zero-order valence-corrected chi connectivity index (χ0v) is 21.0. The summed E-state index contributed by atoms with van der Waals surface area (Å²) in [4.78, 5) is 30.6. The van der Waals surface area contributed by atoms with Crippen molar-refractivity contribution >= 4 is 63.0 Å². The van der Waals surface area contributed by atoms with Crippen LogP contribution in [-0.4, -0.2) is 67.5 Å². The second kappa shape index (κ2) is 10.1. The van der Waals surface area contributed by atoms with Crippen LogP contribution in [0.15, 0.2) is 21.8 Å². The van der Waals surface area contributed by atoms with Crippen molar-refractivity contribution in [3.05, 3.63) is 22.3 Å². The van der Waals surface area contributed by atoms with Crippen LogP contribution in [0.2, 0.25) is 0 Å². The number of thiocarbonyl (C=S) groups is 1. The minimum atomic E-state index is -0.871. The molecule has 3 aliphatic rings. The molecule has 0 aliphatic carbocycles. The first-order chi connectivity index (χ1) is 14.4. The van der Waals surface area contributed by atoms with E-state index in [-0.39, 0.29) is 57.9 Å². The molecule has 10 nitrogen and oxygen atoms in total. The molecule has 4 rings (SSSR count). The number of β-lactam (4-membered cyclic amide) rings is 1. The molecule has 2 amide bonds. The molecule has 3 atom stereocenters. The summed E-state index contributed by atoms with van der Waals surface area (Å²) in [6.45, 7) is 0.695. The van der Waals surface area contributed by atoms with E-state index >= 15 is 0 Å². The SMILES string of the molecule is Nc1nc(/C(=N\O)C(=O)NC2C(=O)N3C(C([O-])=S)=C(CC4CCCO4)CS[C@H]23)cs1.[Na+]. The van der Waals surface area contributed by atoms with Gasteiger partial charge in [-0.05, 0) is 29.9 Å². The maximum Gasteiger partial charge on any atom is 1.00 e. The van der Waals surface area contributed by atoms with Crippen LogP contribution in [0.25, 0.3) is 0 Å². The minimum Gasteiger partial charge on any atom is -0.863 e. The number of nitrogens with two attached hydrogens (primary N) is 1. The molecule has 0 radical (unpaired) electrons. The normalized spacial score (nSPS) is 25.5. The van der Waals surface area contributed by atoms with Gasteiger partial charge in [0.1, 0.15) is 17.1 Å². The molecular formula is C17H18N5NaO5S3. The molecule has 1 aromatic heterocycles. The first-order valence-corrected chi connectivity index (χ1v) is 11.5. The minimum absolute atomic E-state index is 0. The summed E-state index contributed by atoms with van der Waals surface area (Å²) in [5.74, 6) is -0.683. The Bertz CT molecular complexity index is 962. The molecule has 2 unspecified atom stereocenters. The number of nitrogens with one attached hydrogen (secondary N) is 1. The van der Waals surface area contributed by atoms with Crippen LogP contribution in [0.5, 0.6) is 0 Å². The van der Waals surface area contributed by atoms with Crippen LogP contribution in [0, 0.1) is 0 Å². The topological polar surface area (TPSA) is 153 Å². The number of rotatable bonds is 6. The Morgan fingerprint density at radius 1 is 1.55 bits per heavy atom. The van der Waals surface area contributed by atoms with Gasteiger partial charge in [0.05, 0.1) is 6.10 Å². The number of carbonyl (C=O) groups excluding carboxylic acids is 2. The Morgan fingerprint density at radius 2 is 2.32 bits per heavy atom. The zero-order chi connectivity index (χ0) is 21.4. The standard InChI is InChI=1S/C17H19N5O5S3.Na/c18-17-19-9(6-30-17)10(21-26)13(23)20-11-14(24)22-12(16(25)28)7(5-29-15(11)22)4-8-2-1-3-27-8;/h6,8,11,15,26H,1-5H2,(H2,18,19)(H,20,23)(H,25,28);/q;+1/p-1/b21-10+;/t8?,11?,15-;/m1./s1. The molecular weight excluding hydrogens is 473 g/mol. The maximum atomic E-state index is 12.8. The van der Waals surface area contributed by atoms with E-state index < -0.39 is 28.3 Å².